The summed E-state index contributed by atoms with van der Waals surface area (Å²) in [6, 6.07) is 8.82. The number of rotatable bonds is 6. The van der Waals surface area contributed by atoms with Crippen LogP contribution in [0.2, 0.25) is 0 Å². The summed E-state index contributed by atoms with van der Waals surface area (Å²) < 4.78 is 31.3. The van der Waals surface area contributed by atoms with Crippen LogP contribution in [-0.2, 0) is 14.3 Å². The molecule has 2 aliphatic heterocycles. The van der Waals surface area contributed by atoms with Crippen molar-refractivity contribution in [3.05, 3.63) is 88.2 Å². The van der Waals surface area contributed by atoms with Gasteiger partial charge in [0.2, 0.25) is 0 Å². The van der Waals surface area contributed by atoms with Gasteiger partial charge in [0, 0.05) is 11.1 Å². The SMILES string of the molecule is C=CCOC(=O)c1sc(N2C(=O)C(=O)/C(=C(\O)c3ccc4c(c3)OCCO4)C2c2ccccc2F)nc1C. The van der Waals surface area contributed by atoms with Crippen LogP contribution in [0.25, 0.3) is 5.76 Å². The molecule has 194 valence electrons. The number of aliphatic hydroxyl groups is 1. The normalized spacial score (nSPS) is 17.9. The summed E-state index contributed by atoms with van der Waals surface area (Å²) in [6.45, 7) is 5.70. The first-order valence-corrected chi connectivity index (χ1v) is 12.3. The summed E-state index contributed by atoms with van der Waals surface area (Å²) in [6.07, 6.45) is 1.41. The van der Waals surface area contributed by atoms with Crippen molar-refractivity contribution in [3.8, 4) is 11.5 Å². The first-order chi connectivity index (χ1) is 18.3. The van der Waals surface area contributed by atoms with E-state index in [1.165, 1.54) is 36.4 Å². The second-order valence-electron chi connectivity index (χ2n) is 8.35. The van der Waals surface area contributed by atoms with E-state index in [4.69, 9.17) is 14.2 Å². The van der Waals surface area contributed by atoms with Gasteiger partial charge in [0.25, 0.3) is 5.78 Å². The molecule has 0 radical (unpaired) electrons. The molecule has 2 aliphatic rings. The lowest BCUT2D eigenvalue weighted by Gasteiger charge is -2.23. The van der Waals surface area contributed by atoms with E-state index < -0.39 is 35.3 Å². The molecule has 2 aromatic carbocycles. The number of carbonyl (C=O) groups excluding carboxylic acids is 3. The average Bonchev–Trinajstić information content (AvgIpc) is 3.43. The number of Topliss-reactive ketones (excluding diaryl/α,β-unsaturated/α-hetero) is 1. The molecule has 0 saturated carbocycles. The highest BCUT2D eigenvalue weighted by Crippen LogP contribution is 2.45. The highest BCUT2D eigenvalue weighted by Gasteiger charge is 2.49. The highest BCUT2D eigenvalue weighted by atomic mass is 32.1. The standard InChI is InChI=1S/C27H21FN2O7S/c1-3-10-37-26(34)24-14(2)29-27(38-24)30-21(16-6-4-5-7-17(16)28)20(23(32)25(30)33)22(31)15-8-9-18-19(13-15)36-12-11-35-18/h3-9,13,21,31H,1,10-12H2,2H3/b22-20-. The summed E-state index contributed by atoms with van der Waals surface area (Å²) in [5.41, 5.74) is 0.0764. The van der Waals surface area contributed by atoms with E-state index in [1.54, 1.807) is 19.1 Å². The molecule has 1 saturated heterocycles. The second-order valence-corrected chi connectivity index (χ2v) is 9.32. The third-order valence-electron chi connectivity index (χ3n) is 5.97. The Labute approximate surface area is 220 Å². The van der Waals surface area contributed by atoms with Crippen LogP contribution in [-0.4, -0.2) is 47.6 Å². The molecule has 3 aromatic rings. The Morgan fingerprint density at radius 1 is 1.24 bits per heavy atom. The van der Waals surface area contributed by atoms with Gasteiger partial charge in [-0.15, -0.1) is 0 Å². The number of ketones is 1. The number of esters is 1. The van der Waals surface area contributed by atoms with Crippen molar-refractivity contribution in [2.75, 3.05) is 24.7 Å². The van der Waals surface area contributed by atoms with E-state index >= 15 is 4.39 Å². The molecule has 11 heteroatoms. The number of aryl methyl sites for hydroxylation is 1. The predicted molar refractivity (Wildman–Crippen MR) is 136 cm³/mol. The first kappa shape index (κ1) is 25.2. The number of fused-ring (bicyclic) bond motifs is 1. The third-order valence-corrected chi connectivity index (χ3v) is 7.11. The fourth-order valence-corrected chi connectivity index (χ4v) is 5.23. The van der Waals surface area contributed by atoms with Crippen molar-refractivity contribution in [3.63, 3.8) is 0 Å². The lowest BCUT2D eigenvalue weighted by atomic mass is 9.95. The molecule has 1 amide bonds. The maximum absolute atomic E-state index is 15.1. The van der Waals surface area contributed by atoms with Crippen LogP contribution in [0.3, 0.4) is 0 Å². The quantitative estimate of drug-likeness (QED) is 0.163. The Bertz CT molecular complexity index is 1510. The fourth-order valence-electron chi connectivity index (χ4n) is 4.24. The lowest BCUT2D eigenvalue weighted by Crippen LogP contribution is -2.29. The summed E-state index contributed by atoms with van der Waals surface area (Å²) in [5, 5.41) is 11.3. The molecule has 1 aromatic heterocycles. The molecule has 1 fully saturated rings. The second kappa shape index (κ2) is 10.1. The van der Waals surface area contributed by atoms with Gasteiger partial charge in [-0.3, -0.25) is 14.5 Å². The van der Waals surface area contributed by atoms with Crippen molar-refractivity contribution >= 4 is 39.9 Å². The molecular formula is C27H21FN2O7S. The van der Waals surface area contributed by atoms with Crippen LogP contribution in [0, 0.1) is 12.7 Å². The van der Waals surface area contributed by atoms with Crippen LogP contribution in [0.1, 0.15) is 32.5 Å². The first-order valence-electron chi connectivity index (χ1n) is 11.5. The maximum Gasteiger partial charge on any atom is 0.350 e. The number of amides is 1. The van der Waals surface area contributed by atoms with Crippen LogP contribution in [0.4, 0.5) is 9.52 Å². The number of aromatic nitrogens is 1. The number of hydrogen-bond acceptors (Lipinski definition) is 9. The number of thiazole rings is 1. The Morgan fingerprint density at radius 2 is 1.97 bits per heavy atom. The van der Waals surface area contributed by atoms with Gasteiger partial charge in [-0.25, -0.2) is 14.2 Å². The fraction of sp³-hybridized carbons (Fsp3) is 0.185. The molecule has 5 rings (SSSR count). The van der Waals surface area contributed by atoms with E-state index in [9.17, 15) is 19.5 Å². The minimum absolute atomic E-state index is 0.0235. The molecule has 0 aliphatic carbocycles. The van der Waals surface area contributed by atoms with Crippen molar-refractivity contribution in [1.82, 2.24) is 4.98 Å². The molecule has 38 heavy (non-hydrogen) atoms. The minimum Gasteiger partial charge on any atom is -0.507 e. The topological polar surface area (TPSA) is 115 Å². The van der Waals surface area contributed by atoms with E-state index in [0.29, 0.717) is 24.7 Å². The van der Waals surface area contributed by atoms with Gasteiger partial charge in [-0.1, -0.05) is 42.2 Å². The summed E-state index contributed by atoms with van der Waals surface area (Å²) in [7, 11) is 0. The van der Waals surface area contributed by atoms with E-state index in [-0.39, 0.29) is 39.0 Å². The molecule has 1 N–H and O–H groups in total. The van der Waals surface area contributed by atoms with Crippen molar-refractivity contribution in [1.29, 1.82) is 0 Å². The zero-order chi connectivity index (χ0) is 27.0. The Kier molecular flexibility index (Phi) is 6.68. The molecule has 9 nitrogen and oxygen atoms in total. The smallest absolute Gasteiger partial charge is 0.350 e. The average molecular weight is 537 g/mol. The molecule has 0 bridgehead atoms. The highest BCUT2D eigenvalue weighted by molar-refractivity contribution is 7.17. The largest absolute Gasteiger partial charge is 0.507 e. The van der Waals surface area contributed by atoms with Crippen molar-refractivity contribution in [2.24, 2.45) is 0 Å². The number of halogens is 1. The summed E-state index contributed by atoms with van der Waals surface area (Å²) >= 11 is 0.823. The molecular weight excluding hydrogens is 515 g/mol. The van der Waals surface area contributed by atoms with Crippen LogP contribution in [0.5, 0.6) is 11.5 Å². The van der Waals surface area contributed by atoms with Gasteiger partial charge in [-0.2, -0.15) is 0 Å². The van der Waals surface area contributed by atoms with Gasteiger partial charge in [-0.05, 0) is 31.2 Å². The number of carbonyl (C=O) groups is 3. The number of aliphatic hydroxyl groups excluding tert-OH is 1. The number of hydrogen-bond donors (Lipinski definition) is 1. The van der Waals surface area contributed by atoms with E-state index in [0.717, 1.165) is 16.2 Å². The molecule has 1 atom stereocenters. The van der Waals surface area contributed by atoms with E-state index in [1.807, 2.05) is 0 Å². The van der Waals surface area contributed by atoms with Gasteiger partial charge in [0.05, 0.1) is 11.3 Å². The van der Waals surface area contributed by atoms with Gasteiger partial charge in [0.15, 0.2) is 16.6 Å². The number of nitrogens with zero attached hydrogens (tertiary/aromatic N) is 2. The number of benzene rings is 2. The minimum atomic E-state index is -1.35. The van der Waals surface area contributed by atoms with Crippen LogP contribution < -0.4 is 14.4 Å². The molecule has 3 heterocycles. The Morgan fingerprint density at radius 3 is 2.71 bits per heavy atom. The third kappa shape index (κ3) is 4.30. The number of anilines is 1. The van der Waals surface area contributed by atoms with Gasteiger partial charge in [0.1, 0.15) is 42.3 Å². The van der Waals surface area contributed by atoms with Crippen molar-refractivity contribution in [2.45, 2.75) is 13.0 Å². The summed E-state index contributed by atoms with van der Waals surface area (Å²) in [5.74, 6) is -3.14. The Balaban J connectivity index is 1.66. The zero-order valence-electron chi connectivity index (χ0n) is 20.1. The van der Waals surface area contributed by atoms with Crippen LogP contribution in [0.15, 0.2) is 60.7 Å². The Hall–Kier alpha value is -4.51. The maximum atomic E-state index is 15.1. The number of ether oxygens (including phenoxy) is 3. The van der Waals surface area contributed by atoms with Gasteiger partial charge >= 0.3 is 11.9 Å². The van der Waals surface area contributed by atoms with Crippen molar-refractivity contribution < 1.29 is 38.1 Å². The zero-order valence-corrected chi connectivity index (χ0v) is 20.9. The monoisotopic (exact) mass is 536 g/mol. The molecule has 0 spiro atoms. The lowest BCUT2D eigenvalue weighted by molar-refractivity contribution is -0.132. The predicted octanol–water partition coefficient (Wildman–Crippen LogP) is 4.33. The van der Waals surface area contributed by atoms with E-state index in [2.05, 4.69) is 11.6 Å². The van der Waals surface area contributed by atoms with Crippen LogP contribution >= 0.6 is 11.3 Å². The molecule has 1 unspecified atom stereocenters. The summed E-state index contributed by atoms with van der Waals surface area (Å²) in [4.78, 5) is 44.6. The van der Waals surface area contributed by atoms with Gasteiger partial charge < -0.3 is 19.3 Å².